The first-order valence-corrected chi connectivity index (χ1v) is 6.78. The summed E-state index contributed by atoms with van der Waals surface area (Å²) in [7, 11) is 0. The number of aliphatic imine (C=N–C) groups is 1. The summed E-state index contributed by atoms with van der Waals surface area (Å²) in [4.78, 5) is 4.16. The second-order valence-corrected chi connectivity index (χ2v) is 4.30. The number of nitrogens with one attached hydrogen (secondary N) is 3. The topological polar surface area (TPSA) is 112 Å². The van der Waals surface area contributed by atoms with Gasteiger partial charge in [0, 0.05) is 19.6 Å². The summed E-state index contributed by atoms with van der Waals surface area (Å²) in [6, 6.07) is 0. The summed E-state index contributed by atoms with van der Waals surface area (Å²) in [5, 5.41) is 12.9. The lowest BCUT2D eigenvalue weighted by molar-refractivity contribution is 0.601. The number of hydrogen-bond acceptors (Lipinski definition) is 2. The molecule has 0 heterocycles. The third kappa shape index (κ3) is 12.6. The summed E-state index contributed by atoms with van der Waals surface area (Å²) in [6.45, 7) is 4.56. The van der Waals surface area contributed by atoms with E-state index in [0.29, 0.717) is 5.96 Å². The molecule has 0 aliphatic carbocycles. The van der Waals surface area contributed by atoms with Crippen LogP contribution in [0.25, 0.3) is 0 Å². The third-order valence-electron chi connectivity index (χ3n) is 2.48. The molecule has 0 aromatic carbocycles. The maximum absolute atomic E-state index is 6.99. The molecule has 0 saturated heterocycles. The van der Waals surface area contributed by atoms with Gasteiger partial charge < -0.3 is 22.1 Å². The van der Waals surface area contributed by atoms with Crippen molar-refractivity contribution >= 4 is 11.9 Å². The second kappa shape index (κ2) is 12.0. The standard InChI is InChI=1S/C12H28N6/c1-2-8-17-12(15)18-10-7-5-3-4-6-9-16-11(13)14/h2-10H2,1H3,(H4,13,14,16)(H3,15,17,18). The molecule has 0 aromatic heterocycles. The number of rotatable bonds is 10. The van der Waals surface area contributed by atoms with E-state index in [-0.39, 0.29) is 5.96 Å². The lowest BCUT2D eigenvalue weighted by Gasteiger charge is -2.06. The Labute approximate surface area is 110 Å². The largest absolute Gasteiger partial charge is 0.370 e. The molecule has 0 radical (unpaired) electrons. The first-order valence-electron chi connectivity index (χ1n) is 6.78. The van der Waals surface area contributed by atoms with Gasteiger partial charge in [0.15, 0.2) is 11.9 Å². The molecule has 106 valence electrons. The Morgan fingerprint density at radius 3 is 2.11 bits per heavy atom. The molecule has 0 fully saturated rings. The molecule has 6 heteroatoms. The van der Waals surface area contributed by atoms with Crippen molar-refractivity contribution in [3.63, 3.8) is 0 Å². The van der Waals surface area contributed by atoms with Crippen molar-refractivity contribution in [1.29, 1.82) is 5.41 Å². The van der Waals surface area contributed by atoms with Crippen molar-refractivity contribution in [2.75, 3.05) is 19.6 Å². The Hall–Kier alpha value is -1.46. The van der Waals surface area contributed by atoms with Gasteiger partial charge in [-0.05, 0) is 19.3 Å². The summed E-state index contributed by atoms with van der Waals surface area (Å²) in [5.41, 5.74) is 10.8. The molecular weight excluding hydrogens is 228 g/mol. The van der Waals surface area contributed by atoms with Crippen LogP contribution in [0.2, 0.25) is 0 Å². The Bertz CT molecular complexity index is 239. The van der Waals surface area contributed by atoms with Gasteiger partial charge in [0.1, 0.15) is 0 Å². The van der Waals surface area contributed by atoms with E-state index in [9.17, 15) is 0 Å². The van der Waals surface area contributed by atoms with Gasteiger partial charge in [-0.15, -0.1) is 0 Å². The molecule has 0 rings (SSSR count). The number of nitrogens with two attached hydrogens (primary N) is 2. The lowest BCUT2D eigenvalue weighted by atomic mass is 10.1. The summed E-state index contributed by atoms with van der Waals surface area (Å²) < 4.78 is 0. The average Bonchev–Trinajstić information content (AvgIpc) is 2.34. The monoisotopic (exact) mass is 256 g/mol. The van der Waals surface area contributed by atoms with Crippen LogP contribution in [-0.2, 0) is 0 Å². The van der Waals surface area contributed by atoms with Crippen LogP contribution in [0.15, 0.2) is 4.99 Å². The van der Waals surface area contributed by atoms with Crippen LogP contribution >= 0.6 is 0 Å². The fourth-order valence-electron chi connectivity index (χ4n) is 1.51. The van der Waals surface area contributed by atoms with Crippen molar-refractivity contribution in [2.24, 2.45) is 16.5 Å². The van der Waals surface area contributed by atoms with Crippen LogP contribution in [-0.4, -0.2) is 31.6 Å². The second-order valence-electron chi connectivity index (χ2n) is 4.30. The van der Waals surface area contributed by atoms with Gasteiger partial charge in [-0.2, -0.15) is 0 Å². The Balaban J connectivity index is 3.18. The van der Waals surface area contributed by atoms with Gasteiger partial charge in [0.2, 0.25) is 0 Å². The zero-order chi connectivity index (χ0) is 13.6. The zero-order valence-electron chi connectivity index (χ0n) is 11.5. The van der Waals surface area contributed by atoms with E-state index in [1.54, 1.807) is 0 Å². The van der Waals surface area contributed by atoms with E-state index < -0.39 is 0 Å². The van der Waals surface area contributed by atoms with Crippen molar-refractivity contribution in [2.45, 2.75) is 45.4 Å². The Morgan fingerprint density at radius 2 is 1.56 bits per heavy atom. The zero-order valence-corrected chi connectivity index (χ0v) is 11.5. The van der Waals surface area contributed by atoms with Crippen LogP contribution in [0.1, 0.15) is 45.4 Å². The maximum Gasteiger partial charge on any atom is 0.188 e. The van der Waals surface area contributed by atoms with Crippen molar-refractivity contribution in [3.8, 4) is 0 Å². The lowest BCUT2D eigenvalue weighted by Crippen LogP contribution is -2.32. The molecule has 0 unspecified atom stereocenters. The van der Waals surface area contributed by atoms with Crippen LogP contribution in [0.5, 0.6) is 0 Å². The van der Waals surface area contributed by atoms with Gasteiger partial charge >= 0.3 is 0 Å². The minimum atomic E-state index is 0.0565. The van der Waals surface area contributed by atoms with Crippen molar-refractivity contribution in [3.05, 3.63) is 0 Å². The fourth-order valence-corrected chi connectivity index (χ4v) is 1.51. The molecular formula is C12H28N6. The highest BCUT2D eigenvalue weighted by Crippen LogP contribution is 2.01. The van der Waals surface area contributed by atoms with Crippen LogP contribution < -0.4 is 22.1 Å². The van der Waals surface area contributed by atoms with E-state index in [4.69, 9.17) is 16.9 Å². The molecule has 0 aromatic rings. The van der Waals surface area contributed by atoms with Gasteiger partial charge in [0.25, 0.3) is 0 Å². The van der Waals surface area contributed by atoms with Crippen LogP contribution in [0.4, 0.5) is 0 Å². The molecule has 0 aliphatic heterocycles. The van der Waals surface area contributed by atoms with Crippen molar-refractivity contribution < 1.29 is 0 Å². The molecule has 0 aliphatic rings. The molecule has 7 N–H and O–H groups in total. The molecule has 0 saturated carbocycles. The van der Waals surface area contributed by atoms with Gasteiger partial charge in [-0.3, -0.25) is 10.4 Å². The fraction of sp³-hybridized carbons (Fsp3) is 0.833. The molecule has 0 bridgehead atoms. The summed E-state index contributed by atoms with van der Waals surface area (Å²) >= 11 is 0. The number of guanidine groups is 2. The normalized spacial score (nSPS) is 11.3. The highest BCUT2D eigenvalue weighted by Gasteiger charge is 1.93. The minimum absolute atomic E-state index is 0.0565. The Morgan fingerprint density at radius 1 is 1.00 bits per heavy atom. The van der Waals surface area contributed by atoms with Gasteiger partial charge in [-0.1, -0.05) is 26.2 Å². The quantitative estimate of drug-likeness (QED) is 0.225. The van der Waals surface area contributed by atoms with E-state index in [2.05, 4.69) is 22.5 Å². The molecule has 0 spiro atoms. The minimum Gasteiger partial charge on any atom is -0.370 e. The number of unbranched alkanes of at least 4 members (excludes halogenated alkanes) is 4. The molecule has 6 nitrogen and oxygen atoms in total. The number of hydrogen-bond donors (Lipinski definition) is 5. The number of nitrogens with zero attached hydrogens (tertiary/aromatic N) is 1. The van der Waals surface area contributed by atoms with E-state index >= 15 is 0 Å². The highest BCUT2D eigenvalue weighted by molar-refractivity contribution is 5.77. The highest BCUT2D eigenvalue weighted by atomic mass is 15.1. The van der Waals surface area contributed by atoms with E-state index in [1.807, 2.05) is 0 Å². The maximum atomic E-state index is 6.99. The van der Waals surface area contributed by atoms with E-state index in [0.717, 1.165) is 38.9 Å². The molecule has 0 atom stereocenters. The average molecular weight is 256 g/mol. The summed E-state index contributed by atoms with van der Waals surface area (Å²) in [6.07, 6.45) is 6.76. The Kier molecular flexibility index (Phi) is 11.0. The van der Waals surface area contributed by atoms with Crippen LogP contribution in [0, 0.1) is 5.41 Å². The molecule has 18 heavy (non-hydrogen) atoms. The predicted molar refractivity (Wildman–Crippen MR) is 77.8 cm³/mol. The van der Waals surface area contributed by atoms with Crippen LogP contribution in [0.3, 0.4) is 0 Å². The summed E-state index contributed by atoms with van der Waals surface area (Å²) in [5.74, 6) is 0.614. The predicted octanol–water partition coefficient (Wildman–Crippen LogP) is 0.734. The van der Waals surface area contributed by atoms with Gasteiger partial charge in [-0.25, -0.2) is 0 Å². The SMILES string of the molecule is CCCN=C(N)NCCCCCCCNC(=N)N. The third-order valence-corrected chi connectivity index (χ3v) is 2.48. The van der Waals surface area contributed by atoms with Gasteiger partial charge in [0.05, 0.1) is 0 Å². The first-order chi connectivity index (χ1) is 8.66. The smallest absolute Gasteiger partial charge is 0.188 e. The van der Waals surface area contributed by atoms with Crippen molar-refractivity contribution in [1.82, 2.24) is 10.6 Å². The molecule has 0 amide bonds. The first kappa shape index (κ1) is 16.5. The van der Waals surface area contributed by atoms with E-state index in [1.165, 1.54) is 19.3 Å².